The number of hydrogen-bond donors (Lipinski definition) is 2. The van der Waals surface area contributed by atoms with Crippen LogP contribution in [0.15, 0.2) is 22.7 Å². The molecule has 0 aliphatic heterocycles. The molecule has 0 saturated heterocycles. The first-order valence-electron chi connectivity index (χ1n) is 3.56. The topological polar surface area (TPSA) is 38.0 Å². The first-order chi connectivity index (χ1) is 5.65. The number of benzene rings is 1. The molecule has 0 spiro atoms. The predicted molar refractivity (Wildman–Crippen MR) is 54.9 cm³/mol. The fourth-order valence-corrected chi connectivity index (χ4v) is 1.31. The van der Waals surface area contributed by atoms with Gasteiger partial charge in [0.05, 0.1) is 5.02 Å². The molecule has 0 aliphatic carbocycles. The Balaban J connectivity index is 2.96. The zero-order valence-corrected chi connectivity index (χ0v) is 8.98. The van der Waals surface area contributed by atoms with Gasteiger partial charge < -0.3 is 0 Å². The smallest absolute Gasteiger partial charge is 0.0551 e. The van der Waals surface area contributed by atoms with Crippen molar-refractivity contribution in [2.45, 2.75) is 13.0 Å². The summed E-state index contributed by atoms with van der Waals surface area (Å²) in [5, 5.41) is 0.703. The lowest BCUT2D eigenvalue weighted by molar-refractivity contribution is 0.602. The third-order valence-electron chi connectivity index (χ3n) is 1.69. The molecule has 0 heterocycles. The van der Waals surface area contributed by atoms with Gasteiger partial charge in [-0.15, -0.1) is 0 Å². The van der Waals surface area contributed by atoms with Crippen LogP contribution < -0.4 is 11.3 Å². The zero-order valence-electron chi connectivity index (χ0n) is 6.64. The Morgan fingerprint density at radius 1 is 1.58 bits per heavy atom. The van der Waals surface area contributed by atoms with Gasteiger partial charge in [0.15, 0.2) is 0 Å². The monoisotopic (exact) mass is 248 g/mol. The molecule has 1 unspecified atom stereocenters. The molecule has 0 fully saturated rings. The van der Waals surface area contributed by atoms with E-state index in [4.69, 9.17) is 17.4 Å². The zero-order chi connectivity index (χ0) is 9.14. The van der Waals surface area contributed by atoms with E-state index in [0.29, 0.717) is 5.02 Å². The van der Waals surface area contributed by atoms with Crippen LogP contribution in [0.3, 0.4) is 0 Å². The molecule has 66 valence electrons. The molecule has 1 aromatic rings. The van der Waals surface area contributed by atoms with Crippen molar-refractivity contribution >= 4 is 27.5 Å². The summed E-state index contributed by atoms with van der Waals surface area (Å²) in [6.07, 6.45) is 0. The van der Waals surface area contributed by atoms with Gasteiger partial charge in [-0.25, -0.2) is 0 Å². The van der Waals surface area contributed by atoms with Gasteiger partial charge in [-0.1, -0.05) is 17.7 Å². The van der Waals surface area contributed by atoms with Crippen LogP contribution in [-0.2, 0) is 0 Å². The van der Waals surface area contributed by atoms with Gasteiger partial charge in [0, 0.05) is 10.5 Å². The second-order valence-electron chi connectivity index (χ2n) is 2.56. The van der Waals surface area contributed by atoms with Crippen LogP contribution in [-0.4, -0.2) is 0 Å². The summed E-state index contributed by atoms with van der Waals surface area (Å²) in [5.41, 5.74) is 3.73. The Morgan fingerprint density at radius 3 is 2.75 bits per heavy atom. The summed E-state index contributed by atoms with van der Waals surface area (Å²) in [7, 11) is 0. The molecular weight excluding hydrogens is 239 g/mol. The number of halogens is 2. The van der Waals surface area contributed by atoms with Crippen molar-refractivity contribution in [1.29, 1.82) is 0 Å². The minimum absolute atomic E-state index is 0.121. The van der Waals surface area contributed by atoms with Crippen LogP contribution >= 0.6 is 27.5 Å². The van der Waals surface area contributed by atoms with Crippen molar-refractivity contribution in [1.82, 2.24) is 5.43 Å². The minimum atomic E-state index is 0.121. The number of nitrogens with two attached hydrogens (primary N) is 1. The van der Waals surface area contributed by atoms with Crippen LogP contribution in [0.25, 0.3) is 0 Å². The fraction of sp³-hybridized carbons (Fsp3) is 0.250. The lowest BCUT2D eigenvalue weighted by Crippen LogP contribution is -2.25. The van der Waals surface area contributed by atoms with E-state index >= 15 is 0 Å². The summed E-state index contributed by atoms with van der Waals surface area (Å²) in [4.78, 5) is 0. The maximum absolute atomic E-state index is 5.90. The second-order valence-corrected chi connectivity index (χ2v) is 3.82. The van der Waals surface area contributed by atoms with Crippen molar-refractivity contribution in [3.8, 4) is 0 Å². The molecular formula is C8H10BrClN2. The number of rotatable bonds is 2. The Kier molecular flexibility index (Phi) is 3.53. The van der Waals surface area contributed by atoms with E-state index < -0.39 is 0 Å². The van der Waals surface area contributed by atoms with E-state index in [1.807, 2.05) is 25.1 Å². The first kappa shape index (κ1) is 9.99. The molecule has 12 heavy (non-hydrogen) atoms. The average molecular weight is 250 g/mol. The average Bonchev–Trinajstić information content (AvgIpc) is 2.08. The van der Waals surface area contributed by atoms with Gasteiger partial charge in [0.1, 0.15) is 0 Å². The largest absolute Gasteiger partial charge is 0.271 e. The highest BCUT2D eigenvalue weighted by Crippen LogP contribution is 2.25. The van der Waals surface area contributed by atoms with Crippen LogP contribution in [0.4, 0.5) is 0 Å². The maximum Gasteiger partial charge on any atom is 0.0551 e. The highest BCUT2D eigenvalue weighted by atomic mass is 79.9. The van der Waals surface area contributed by atoms with Gasteiger partial charge in [0.25, 0.3) is 0 Å². The normalized spacial score (nSPS) is 13.0. The Bertz CT molecular complexity index is 278. The van der Waals surface area contributed by atoms with E-state index in [9.17, 15) is 0 Å². The summed E-state index contributed by atoms with van der Waals surface area (Å²) in [6.45, 7) is 1.97. The standard InChI is InChI=1S/C8H10BrClN2/c1-5(12-11)6-2-3-7(9)8(10)4-6/h2-5,12H,11H2,1H3. The molecule has 0 amide bonds. The molecule has 1 atom stereocenters. The molecule has 0 radical (unpaired) electrons. The van der Waals surface area contributed by atoms with Crippen LogP contribution in [0.5, 0.6) is 0 Å². The number of nitrogens with one attached hydrogen (secondary N) is 1. The molecule has 0 aromatic heterocycles. The Hall–Kier alpha value is -0.0900. The van der Waals surface area contributed by atoms with E-state index in [-0.39, 0.29) is 6.04 Å². The number of hydrogen-bond acceptors (Lipinski definition) is 2. The van der Waals surface area contributed by atoms with Gasteiger partial charge >= 0.3 is 0 Å². The van der Waals surface area contributed by atoms with Crippen molar-refractivity contribution in [3.05, 3.63) is 33.3 Å². The molecule has 0 aliphatic rings. The van der Waals surface area contributed by atoms with Gasteiger partial charge in [-0.3, -0.25) is 11.3 Å². The van der Waals surface area contributed by atoms with E-state index in [0.717, 1.165) is 10.0 Å². The van der Waals surface area contributed by atoms with Crippen molar-refractivity contribution < 1.29 is 0 Å². The first-order valence-corrected chi connectivity index (χ1v) is 4.73. The minimum Gasteiger partial charge on any atom is -0.271 e. The highest BCUT2D eigenvalue weighted by Gasteiger charge is 2.04. The second kappa shape index (κ2) is 4.23. The van der Waals surface area contributed by atoms with Gasteiger partial charge in [0.2, 0.25) is 0 Å². The summed E-state index contributed by atoms with van der Waals surface area (Å²) in [5.74, 6) is 5.29. The van der Waals surface area contributed by atoms with Crippen LogP contribution in [0.2, 0.25) is 5.02 Å². The van der Waals surface area contributed by atoms with Crippen molar-refractivity contribution in [3.63, 3.8) is 0 Å². The molecule has 3 N–H and O–H groups in total. The predicted octanol–water partition coefficient (Wildman–Crippen LogP) is 2.63. The molecule has 4 heteroatoms. The highest BCUT2D eigenvalue weighted by molar-refractivity contribution is 9.10. The third kappa shape index (κ3) is 2.20. The maximum atomic E-state index is 5.90. The summed E-state index contributed by atoms with van der Waals surface area (Å²) >= 11 is 9.22. The quantitative estimate of drug-likeness (QED) is 0.625. The van der Waals surface area contributed by atoms with Gasteiger partial charge in [-0.2, -0.15) is 0 Å². The SMILES string of the molecule is CC(NN)c1ccc(Br)c(Cl)c1. The summed E-state index contributed by atoms with van der Waals surface area (Å²) in [6, 6.07) is 5.89. The Morgan fingerprint density at radius 2 is 2.25 bits per heavy atom. The molecule has 0 bridgehead atoms. The number of hydrazine groups is 1. The van der Waals surface area contributed by atoms with Gasteiger partial charge in [-0.05, 0) is 40.5 Å². The third-order valence-corrected chi connectivity index (χ3v) is 2.93. The van der Waals surface area contributed by atoms with Crippen LogP contribution in [0, 0.1) is 0 Å². The molecule has 1 aromatic carbocycles. The van der Waals surface area contributed by atoms with Crippen molar-refractivity contribution in [2.75, 3.05) is 0 Å². The van der Waals surface area contributed by atoms with E-state index in [1.54, 1.807) is 0 Å². The van der Waals surface area contributed by atoms with Crippen LogP contribution in [0.1, 0.15) is 18.5 Å². The summed E-state index contributed by atoms with van der Waals surface area (Å²) < 4.78 is 0.900. The van der Waals surface area contributed by atoms with Crippen molar-refractivity contribution in [2.24, 2.45) is 5.84 Å². The Labute approximate surface area is 85.2 Å². The van der Waals surface area contributed by atoms with E-state index in [1.165, 1.54) is 0 Å². The fourth-order valence-electron chi connectivity index (χ4n) is 0.878. The molecule has 2 nitrogen and oxygen atoms in total. The lowest BCUT2D eigenvalue weighted by Gasteiger charge is -2.10. The lowest BCUT2D eigenvalue weighted by atomic mass is 10.1. The molecule has 1 rings (SSSR count). The molecule has 0 saturated carbocycles. The van der Waals surface area contributed by atoms with E-state index in [2.05, 4.69) is 21.4 Å².